The Hall–Kier alpha value is -3.63. The average molecular weight is 526 g/mol. The van der Waals surface area contributed by atoms with Crippen molar-refractivity contribution in [3.63, 3.8) is 0 Å². The molecule has 0 aliphatic rings. The molecular formula is C27H28FN3O5S. The maximum absolute atomic E-state index is 13.6. The number of aromatic nitrogens is 2. The Bertz CT molecular complexity index is 1620. The normalized spacial score (nSPS) is 11.9. The van der Waals surface area contributed by atoms with Gasteiger partial charge in [-0.2, -0.15) is 0 Å². The zero-order valence-electron chi connectivity index (χ0n) is 21.3. The van der Waals surface area contributed by atoms with E-state index >= 15 is 0 Å². The van der Waals surface area contributed by atoms with Gasteiger partial charge in [0.15, 0.2) is 0 Å². The largest absolute Gasteiger partial charge is 0.425 e. The van der Waals surface area contributed by atoms with E-state index in [0.717, 1.165) is 21.5 Å². The van der Waals surface area contributed by atoms with Crippen molar-refractivity contribution < 1.29 is 22.0 Å². The van der Waals surface area contributed by atoms with Gasteiger partial charge in [0.25, 0.3) is 0 Å². The molecule has 0 aliphatic heterocycles. The second-order valence-electron chi connectivity index (χ2n) is 9.21. The molecule has 37 heavy (non-hydrogen) atoms. The fourth-order valence-corrected chi connectivity index (χ4v) is 4.30. The van der Waals surface area contributed by atoms with Crippen LogP contribution in [0.15, 0.2) is 57.7 Å². The van der Waals surface area contributed by atoms with Crippen LogP contribution in [-0.4, -0.2) is 31.7 Å². The Balaban J connectivity index is 1.73. The number of fused-ring (bicyclic) bond motifs is 1. The second kappa shape index (κ2) is 10.4. The van der Waals surface area contributed by atoms with Gasteiger partial charge >= 0.3 is 5.63 Å². The van der Waals surface area contributed by atoms with Crippen LogP contribution in [0.25, 0.3) is 22.0 Å². The lowest BCUT2D eigenvalue weighted by atomic mass is 9.99. The molecule has 0 unspecified atom stereocenters. The molecule has 2 aromatic carbocycles. The lowest BCUT2D eigenvalue weighted by Gasteiger charge is -2.21. The predicted molar refractivity (Wildman–Crippen MR) is 140 cm³/mol. The van der Waals surface area contributed by atoms with Crippen molar-refractivity contribution in [2.75, 3.05) is 17.6 Å². The fraction of sp³-hybridized carbons (Fsp3) is 0.296. The summed E-state index contributed by atoms with van der Waals surface area (Å²) in [4.78, 5) is 21.5. The molecule has 0 radical (unpaired) electrons. The molecule has 8 nitrogen and oxygen atoms in total. The van der Waals surface area contributed by atoms with Crippen LogP contribution >= 0.6 is 0 Å². The van der Waals surface area contributed by atoms with E-state index in [4.69, 9.17) is 9.15 Å². The zero-order chi connectivity index (χ0) is 26.9. The highest BCUT2D eigenvalue weighted by Gasteiger charge is 2.23. The van der Waals surface area contributed by atoms with Gasteiger partial charge in [0.05, 0.1) is 29.6 Å². The van der Waals surface area contributed by atoms with Crippen LogP contribution in [0.5, 0.6) is 0 Å². The van der Waals surface area contributed by atoms with Crippen LogP contribution in [-0.2, 0) is 28.0 Å². The SMILES string of the molecule is Cc1ccc2cc(COCc3c(-c4ccc(F)cc4)nc(N(C)S(C)(=O)=O)nc3C(C)C)oc(=O)c2c1. The molecular weight excluding hydrogens is 497 g/mol. The van der Waals surface area contributed by atoms with Gasteiger partial charge in [-0.15, -0.1) is 0 Å². The van der Waals surface area contributed by atoms with Crippen LogP contribution in [0.1, 0.15) is 42.3 Å². The molecule has 0 saturated heterocycles. The Morgan fingerprint density at radius 3 is 2.41 bits per heavy atom. The first-order valence-corrected chi connectivity index (χ1v) is 13.5. The molecule has 0 spiro atoms. The van der Waals surface area contributed by atoms with Crippen molar-refractivity contribution in [2.45, 2.75) is 39.9 Å². The Kier molecular flexibility index (Phi) is 7.42. The van der Waals surface area contributed by atoms with Crippen LogP contribution in [0.3, 0.4) is 0 Å². The molecule has 0 fully saturated rings. The second-order valence-corrected chi connectivity index (χ2v) is 11.2. The summed E-state index contributed by atoms with van der Waals surface area (Å²) in [7, 11) is -2.24. The summed E-state index contributed by atoms with van der Waals surface area (Å²) in [5.74, 6) is -0.140. The molecule has 4 aromatic rings. The molecule has 4 rings (SSSR count). The summed E-state index contributed by atoms with van der Waals surface area (Å²) < 4.78 is 50.4. The number of ether oxygens (including phenoxy) is 1. The standard InChI is InChI=1S/C27H28FN3O5S/c1-16(2)24-23(15-35-14-21-13-19-7-6-17(3)12-22(19)26(32)36-21)25(18-8-10-20(28)11-9-18)30-27(29-24)31(4)37(5,33)34/h6-13,16H,14-15H2,1-5H3. The molecule has 0 saturated carbocycles. The third-order valence-electron chi connectivity index (χ3n) is 5.93. The minimum Gasteiger partial charge on any atom is -0.425 e. The predicted octanol–water partition coefficient (Wildman–Crippen LogP) is 4.93. The van der Waals surface area contributed by atoms with Gasteiger partial charge in [-0.05, 0) is 54.6 Å². The highest BCUT2D eigenvalue weighted by atomic mass is 32.2. The van der Waals surface area contributed by atoms with E-state index < -0.39 is 21.5 Å². The van der Waals surface area contributed by atoms with E-state index in [1.165, 1.54) is 19.2 Å². The fourth-order valence-electron chi connectivity index (χ4n) is 3.92. The topological polar surface area (TPSA) is 103 Å². The summed E-state index contributed by atoms with van der Waals surface area (Å²) in [5, 5.41) is 1.26. The molecule has 194 valence electrons. The summed E-state index contributed by atoms with van der Waals surface area (Å²) >= 11 is 0. The minimum absolute atomic E-state index is 0.00472. The van der Waals surface area contributed by atoms with Gasteiger partial charge in [-0.1, -0.05) is 31.5 Å². The molecule has 0 amide bonds. The monoisotopic (exact) mass is 525 g/mol. The zero-order valence-corrected chi connectivity index (χ0v) is 22.1. The van der Waals surface area contributed by atoms with Crippen molar-refractivity contribution in [1.82, 2.24) is 9.97 Å². The Labute approximate surface area is 214 Å². The minimum atomic E-state index is -3.62. The van der Waals surface area contributed by atoms with Gasteiger partial charge in [0.2, 0.25) is 16.0 Å². The van der Waals surface area contributed by atoms with Gasteiger partial charge in [0, 0.05) is 18.2 Å². The van der Waals surface area contributed by atoms with Crippen LogP contribution in [0, 0.1) is 12.7 Å². The number of anilines is 1. The third kappa shape index (κ3) is 5.86. The first-order chi connectivity index (χ1) is 17.4. The van der Waals surface area contributed by atoms with Gasteiger partial charge in [-0.3, -0.25) is 0 Å². The summed E-state index contributed by atoms with van der Waals surface area (Å²) in [6.07, 6.45) is 1.07. The molecule has 2 heterocycles. The van der Waals surface area contributed by atoms with Crippen molar-refractivity contribution in [3.8, 4) is 11.3 Å². The number of hydrogen-bond acceptors (Lipinski definition) is 7. The van der Waals surface area contributed by atoms with Crippen LogP contribution < -0.4 is 9.93 Å². The van der Waals surface area contributed by atoms with Gasteiger partial charge < -0.3 is 9.15 Å². The first kappa shape index (κ1) is 26.4. The third-order valence-corrected chi connectivity index (χ3v) is 7.09. The lowest BCUT2D eigenvalue weighted by Crippen LogP contribution is -2.28. The van der Waals surface area contributed by atoms with Gasteiger partial charge in [-0.25, -0.2) is 31.9 Å². The van der Waals surface area contributed by atoms with E-state index in [1.54, 1.807) is 24.3 Å². The lowest BCUT2D eigenvalue weighted by molar-refractivity contribution is 0.0903. The highest BCUT2D eigenvalue weighted by Crippen LogP contribution is 2.31. The average Bonchev–Trinajstić information content (AvgIpc) is 2.84. The molecule has 10 heteroatoms. The number of aryl methyl sites for hydroxylation is 1. The van der Waals surface area contributed by atoms with Crippen LogP contribution in [0.4, 0.5) is 10.3 Å². The van der Waals surface area contributed by atoms with E-state index in [-0.39, 0.29) is 25.1 Å². The summed E-state index contributed by atoms with van der Waals surface area (Å²) in [5.41, 5.74) is 2.76. The quantitative estimate of drug-likeness (QED) is 0.321. The smallest absolute Gasteiger partial charge is 0.343 e. The van der Waals surface area contributed by atoms with E-state index in [1.807, 2.05) is 32.9 Å². The highest BCUT2D eigenvalue weighted by molar-refractivity contribution is 7.92. The number of benzene rings is 2. The van der Waals surface area contributed by atoms with Crippen molar-refractivity contribution in [2.24, 2.45) is 0 Å². The van der Waals surface area contributed by atoms with E-state index in [9.17, 15) is 17.6 Å². The molecule has 0 atom stereocenters. The summed E-state index contributed by atoms with van der Waals surface area (Å²) in [6.45, 7) is 5.83. The van der Waals surface area contributed by atoms with E-state index in [2.05, 4.69) is 9.97 Å². The van der Waals surface area contributed by atoms with Crippen molar-refractivity contribution >= 4 is 26.7 Å². The van der Waals surface area contributed by atoms with Gasteiger partial charge in [0.1, 0.15) is 18.2 Å². The van der Waals surface area contributed by atoms with Crippen LogP contribution in [0.2, 0.25) is 0 Å². The molecule has 2 aromatic heterocycles. The maximum Gasteiger partial charge on any atom is 0.343 e. The number of halogens is 1. The molecule has 0 N–H and O–H groups in total. The van der Waals surface area contributed by atoms with Crippen molar-refractivity contribution in [1.29, 1.82) is 0 Å². The van der Waals surface area contributed by atoms with Crippen molar-refractivity contribution in [3.05, 3.63) is 87.3 Å². The molecule has 0 aliphatic carbocycles. The number of hydrogen-bond donors (Lipinski definition) is 0. The Morgan fingerprint density at radius 1 is 1.05 bits per heavy atom. The first-order valence-electron chi connectivity index (χ1n) is 11.7. The van der Waals surface area contributed by atoms with E-state index in [0.29, 0.717) is 33.7 Å². The number of sulfonamides is 1. The number of rotatable bonds is 8. The maximum atomic E-state index is 13.6. The Morgan fingerprint density at radius 2 is 1.76 bits per heavy atom. The molecule has 0 bridgehead atoms. The summed E-state index contributed by atoms with van der Waals surface area (Å²) in [6, 6.07) is 13.1. The number of nitrogens with zero attached hydrogens (tertiary/aromatic N) is 3.